The highest BCUT2D eigenvalue weighted by atomic mass is 16.5. The summed E-state index contributed by atoms with van der Waals surface area (Å²) in [6, 6.07) is 2.24. The van der Waals surface area contributed by atoms with Crippen LogP contribution in [0, 0.1) is 0 Å². The molecule has 1 fully saturated rings. The fourth-order valence-corrected chi connectivity index (χ4v) is 2.45. The lowest BCUT2D eigenvalue weighted by Crippen LogP contribution is -2.45. The molecule has 0 spiro atoms. The molecule has 1 atom stereocenters. The van der Waals surface area contributed by atoms with Crippen molar-refractivity contribution in [2.75, 3.05) is 26.7 Å². The quantitative estimate of drug-likeness (QED) is 0.821. The number of furan rings is 1. The Bertz CT molecular complexity index is 417. The van der Waals surface area contributed by atoms with E-state index >= 15 is 0 Å². The van der Waals surface area contributed by atoms with Gasteiger partial charge in [-0.15, -0.1) is 0 Å². The van der Waals surface area contributed by atoms with Crippen LogP contribution in [0.5, 0.6) is 0 Å². The second-order valence-electron chi connectivity index (χ2n) is 4.91. The smallest absolute Gasteiger partial charge is 0.341 e. The molecule has 19 heavy (non-hydrogen) atoms. The van der Waals surface area contributed by atoms with Crippen LogP contribution in [0.4, 0.5) is 0 Å². The predicted molar refractivity (Wildman–Crippen MR) is 72.0 cm³/mol. The summed E-state index contributed by atoms with van der Waals surface area (Å²) >= 11 is 0. The van der Waals surface area contributed by atoms with Gasteiger partial charge < -0.3 is 19.4 Å². The first-order chi connectivity index (χ1) is 9.22. The lowest BCUT2D eigenvalue weighted by atomic mass is 10.1. The topological polar surface area (TPSA) is 54.7 Å². The van der Waals surface area contributed by atoms with E-state index in [-0.39, 0.29) is 5.97 Å². The zero-order valence-electron chi connectivity index (χ0n) is 11.6. The van der Waals surface area contributed by atoms with E-state index in [0.29, 0.717) is 18.2 Å². The number of likely N-dealkylation sites (N-methyl/N-ethyl adjacent to an activating group) is 1. The number of rotatable bonds is 5. The summed E-state index contributed by atoms with van der Waals surface area (Å²) in [4.78, 5) is 13.8. The number of hydrogen-bond acceptors (Lipinski definition) is 5. The van der Waals surface area contributed by atoms with Crippen LogP contribution in [0.15, 0.2) is 16.7 Å². The van der Waals surface area contributed by atoms with Crippen molar-refractivity contribution >= 4 is 5.97 Å². The fourth-order valence-electron chi connectivity index (χ4n) is 2.45. The molecule has 1 aromatic rings. The predicted octanol–water partition coefficient (Wildman–Crippen LogP) is 1.64. The molecule has 2 rings (SSSR count). The Labute approximate surface area is 113 Å². The molecule has 0 amide bonds. The highest BCUT2D eigenvalue weighted by molar-refractivity contribution is 5.88. The lowest BCUT2D eigenvalue weighted by Gasteiger charge is -2.32. The van der Waals surface area contributed by atoms with Crippen LogP contribution in [0.2, 0.25) is 0 Å². The van der Waals surface area contributed by atoms with Gasteiger partial charge in [-0.1, -0.05) is 6.92 Å². The Morgan fingerprint density at radius 2 is 2.47 bits per heavy atom. The fraction of sp³-hybridized carbons (Fsp3) is 0.643. The third-order valence-electron chi connectivity index (χ3n) is 3.59. The summed E-state index contributed by atoms with van der Waals surface area (Å²) in [5.74, 6) is 0.416. The van der Waals surface area contributed by atoms with E-state index in [1.807, 2.05) is 0 Å². The average Bonchev–Trinajstić information content (AvgIpc) is 2.93. The summed E-state index contributed by atoms with van der Waals surface area (Å²) in [5, 5.41) is 3.48. The van der Waals surface area contributed by atoms with Crippen molar-refractivity contribution in [2.45, 2.75) is 32.4 Å². The molecule has 0 aliphatic carbocycles. The minimum absolute atomic E-state index is 0.357. The highest BCUT2D eigenvalue weighted by Crippen LogP contribution is 2.12. The van der Waals surface area contributed by atoms with Gasteiger partial charge in [0.15, 0.2) is 0 Å². The standard InChI is InChI=1S/C14H22N2O3/c1-3-16-6-4-5-12(9-16)15-8-13-7-11(10-19-13)14(17)18-2/h7,10,12,15H,3-6,8-9H2,1-2H3. The van der Waals surface area contributed by atoms with Gasteiger partial charge in [0.1, 0.15) is 12.0 Å². The maximum atomic E-state index is 11.3. The number of ether oxygens (including phenoxy) is 1. The van der Waals surface area contributed by atoms with Gasteiger partial charge in [0.25, 0.3) is 0 Å². The van der Waals surface area contributed by atoms with E-state index < -0.39 is 0 Å². The maximum Gasteiger partial charge on any atom is 0.341 e. The zero-order valence-corrected chi connectivity index (χ0v) is 11.6. The van der Waals surface area contributed by atoms with Crippen molar-refractivity contribution < 1.29 is 13.9 Å². The summed E-state index contributed by atoms with van der Waals surface area (Å²) in [7, 11) is 1.37. The van der Waals surface area contributed by atoms with E-state index in [4.69, 9.17) is 4.42 Å². The van der Waals surface area contributed by atoms with Crippen LogP contribution in [0.1, 0.15) is 35.9 Å². The van der Waals surface area contributed by atoms with E-state index in [1.54, 1.807) is 6.07 Å². The largest absolute Gasteiger partial charge is 0.467 e. The molecule has 1 aliphatic heterocycles. The Morgan fingerprint density at radius 1 is 1.63 bits per heavy atom. The molecule has 0 aromatic carbocycles. The Morgan fingerprint density at radius 3 is 3.21 bits per heavy atom. The summed E-state index contributed by atoms with van der Waals surface area (Å²) < 4.78 is 10.0. The van der Waals surface area contributed by atoms with Crippen molar-refractivity contribution in [1.82, 2.24) is 10.2 Å². The molecular formula is C14H22N2O3. The van der Waals surface area contributed by atoms with Crippen LogP contribution in [-0.2, 0) is 11.3 Å². The molecule has 5 heteroatoms. The second kappa shape index (κ2) is 6.73. The highest BCUT2D eigenvalue weighted by Gasteiger charge is 2.18. The molecule has 5 nitrogen and oxygen atoms in total. The SMILES string of the molecule is CCN1CCCC(NCc2cc(C(=O)OC)co2)C1. The van der Waals surface area contributed by atoms with Crippen molar-refractivity contribution in [1.29, 1.82) is 0 Å². The molecule has 1 saturated heterocycles. The van der Waals surface area contributed by atoms with E-state index in [2.05, 4.69) is 21.9 Å². The van der Waals surface area contributed by atoms with Gasteiger partial charge in [0, 0.05) is 12.6 Å². The van der Waals surface area contributed by atoms with Gasteiger partial charge in [0.05, 0.1) is 19.2 Å². The summed E-state index contributed by atoms with van der Waals surface area (Å²) in [6.07, 6.45) is 3.88. The Balaban J connectivity index is 1.81. The molecule has 1 aliphatic rings. The van der Waals surface area contributed by atoms with Gasteiger partial charge >= 0.3 is 5.97 Å². The summed E-state index contributed by atoms with van der Waals surface area (Å²) in [5.41, 5.74) is 0.470. The normalized spacial score (nSPS) is 20.4. The maximum absolute atomic E-state index is 11.3. The van der Waals surface area contributed by atoms with Gasteiger partial charge in [-0.2, -0.15) is 0 Å². The van der Waals surface area contributed by atoms with Crippen LogP contribution < -0.4 is 5.32 Å². The van der Waals surface area contributed by atoms with Gasteiger partial charge in [0.2, 0.25) is 0 Å². The minimum Gasteiger partial charge on any atom is -0.467 e. The number of carbonyl (C=O) groups is 1. The lowest BCUT2D eigenvalue weighted by molar-refractivity contribution is 0.0600. The Kier molecular flexibility index (Phi) is 4.99. The molecule has 0 bridgehead atoms. The zero-order chi connectivity index (χ0) is 13.7. The van der Waals surface area contributed by atoms with Gasteiger partial charge in [-0.25, -0.2) is 4.79 Å². The third kappa shape index (κ3) is 3.81. The van der Waals surface area contributed by atoms with Crippen molar-refractivity contribution in [3.05, 3.63) is 23.7 Å². The van der Waals surface area contributed by atoms with E-state index in [9.17, 15) is 4.79 Å². The van der Waals surface area contributed by atoms with E-state index in [1.165, 1.54) is 32.8 Å². The minimum atomic E-state index is -0.357. The molecule has 1 N–H and O–H groups in total. The molecule has 2 heterocycles. The van der Waals surface area contributed by atoms with Gasteiger partial charge in [-0.3, -0.25) is 0 Å². The number of nitrogens with zero attached hydrogens (tertiary/aromatic N) is 1. The number of nitrogens with one attached hydrogen (secondary N) is 1. The van der Waals surface area contributed by atoms with Crippen LogP contribution in [0.3, 0.4) is 0 Å². The number of piperidine rings is 1. The van der Waals surface area contributed by atoms with Gasteiger partial charge in [-0.05, 0) is 32.0 Å². The molecule has 106 valence electrons. The monoisotopic (exact) mass is 266 g/mol. The first kappa shape index (κ1) is 14.1. The van der Waals surface area contributed by atoms with Crippen molar-refractivity contribution in [2.24, 2.45) is 0 Å². The third-order valence-corrected chi connectivity index (χ3v) is 3.59. The molecule has 1 aromatic heterocycles. The first-order valence-corrected chi connectivity index (χ1v) is 6.84. The average molecular weight is 266 g/mol. The number of esters is 1. The molecular weight excluding hydrogens is 244 g/mol. The molecule has 0 saturated carbocycles. The number of methoxy groups -OCH3 is 1. The van der Waals surface area contributed by atoms with Crippen LogP contribution in [0.25, 0.3) is 0 Å². The molecule has 1 unspecified atom stereocenters. The summed E-state index contributed by atoms with van der Waals surface area (Å²) in [6.45, 7) is 6.23. The number of carbonyl (C=O) groups excluding carboxylic acids is 1. The second-order valence-corrected chi connectivity index (χ2v) is 4.91. The Hall–Kier alpha value is -1.33. The van der Waals surface area contributed by atoms with Crippen LogP contribution >= 0.6 is 0 Å². The van der Waals surface area contributed by atoms with Crippen molar-refractivity contribution in [3.63, 3.8) is 0 Å². The van der Waals surface area contributed by atoms with Crippen LogP contribution in [-0.4, -0.2) is 43.7 Å². The van der Waals surface area contributed by atoms with E-state index in [0.717, 1.165) is 18.8 Å². The first-order valence-electron chi connectivity index (χ1n) is 6.84. The number of likely N-dealkylation sites (tertiary alicyclic amines) is 1. The number of hydrogen-bond donors (Lipinski definition) is 1. The van der Waals surface area contributed by atoms with Crippen molar-refractivity contribution in [3.8, 4) is 0 Å². The molecule has 0 radical (unpaired) electrons.